The number of urea groups is 1. The van der Waals surface area contributed by atoms with E-state index in [-0.39, 0.29) is 12.6 Å². The maximum atomic E-state index is 12.3. The number of carbonyl (C=O) groups excluding carboxylic acids is 1. The lowest BCUT2D eigenvalue weighted by Gasteiger charge is -2.32. The molecule has 1 rings (SSSR count). The van der Waals surface area contributed by atoms with Gasteiger partial charge in [0.05, 0.1) is 5.92 Å². The monoisotopic (exact) mass is 254 g/mol. The van der Waals surface area contributed by atoms with Gasteiger partial charge in [-0.3, -0.25) is 4.79 Å². The van der Waals surface area contributed by atoms with Crippen molar-refractivity contribution in [1.29, 1.82) is 0 Å². The zero-order chi connectivity index (χ0) is 13.7. The molecule has 0 aromatic carbocycles. The van der Waals surface area contributed by atoms with Crippen molar-refractivity contribution in [2.75, 3.05) is 26.2 Å². The van der Waals surface area contributed by atoms with Crippen LogP contribution in [-0.2, 0) is 4.79 Å². The minimum absolute atomic E-state index is 0.0574. The molecule has 0 fully saturated rings. The minimum Gasteiger partial charge on any atom is -0.481 e. The zero-order valence-electron chi connectivity index (χ0n) is 11.3. The molecule has 0 spiro atoms. The summed E-state index contributed by atoms with van der Waals surface area (Å²) < 4.78 is 0. The Bertz CT molecular complexity index is 352. The summed E-state index contributed by atoms with van der Waals surface area (Å²) in [5.41, 5.74) is 1.19. The molecule has 5 heteroatoms. The van der Waals surface area contributed by atoms with Crippen LogP contribution in [0.25, 0.3) is 0 Å². The van der Waals surface area contributed by atoms with Crippen LogP contribution in [0.15, 0.2) is 11.6 Å². The Balaban J connectivity index is 2.62. The second-order valence-corrected chi connectivity index (χ2v) is 4.82. The third kappa shape index (κ3) is 3.75. The van der Waals surface area contributed by atoms with Gasteiger partial charge >= 0.3 is 12.0 Å². The molecule has 18 heavy (non-hydrogen) atoms. The molecule has 0 saturated carbocycles. The zero-order valence-corrected chi connectivity index (χ0v) is 11.3. The van der Waals surface area contributed by atoms with E-state index in [1.165, 1.54) is 5.57 Å². The van der Waals surface area contributed by atoms with E-state index in [1.54, 1.807) is 16.7 Å². The molecule has 0 aromatic rings. The predicted octanol–water partition coefficient (Wildman–Crippen LogP) is 1.80. The SMILES string of the molecule is CCN(CC(C)C(=O)O)C(=O)N1CCC=C(C)C1. The van der Waals surface area contributed by atoms with Gasteiger partial charge < -0.3 is 14.9 Å². The molecule has 0 aliphatic carbocycles. The van der Waals surface area contributed by atoms with Gasteiger partial charge in [0.15, 0.2) is 0 Å². The molecule has 0 bridgehead atoms. The largest absolute Gasteiger partial charge is 0.481 e. The van der Waals surface area contributed by atoms with E-state index in [2.05, 4.69) is 6.08 Å². The van der Waals surface area contributed by atoms with Crippen LogP contribution in [-0.4, -0.2) is 53.1 Å². The first-order chi connectivity index (χ1) is 8.45. The van der Waals surface area contributed by atoms with E-state index in [0.717, 1.165) is 6.42 Å². The van der Waals surface area contributed by atoms with E-state index in [1.807, 2.05) is 13.8 Å². The Labute approximate surface area is 108 Å². The Kier molecular flexibility index (Phi) is 5.19. The lowest BCUT2D eigenvalue weighted by molar-refractivity contribution is -0.141. The molecule has 1 atom stereocenters. The molecule has 0 aromatic heterocycles. The summed E-state index contributed by atoms with van der Waals surface area (Å²) in [5, 5.41) is 8.90. The van der Waals surface area contributed by atoms with Crippen LogP contribution in [0.4, 0.5) is 4.79 Å². The van der Waals surface area contributed by atoms with Crippen molar-refractivity contribution in [3.05, 3.63) is 11.6 Å². The van der Waals surface area contributed by atoms with E-state index >= 15 is 0 Å². The smallest absolute Gasteiger partial charge is 0.320 e. The number of aliphatic carboxylic acids is 1. The lowest BCUT2D eigenvalue weighted by atomic mass is 10.1. The molecular weight excluding hydrogens is 232 g/mol. The highest BCUT2D eigenvalue weighted by Gasteiger charge is 2.24. The van der Waals surface area contributed by atoms with Gasteiger partial charge in [-0.2, -0.15) is 0 Å². The highest BCUT2D eigenvalue weighted by molar-refractivity contribution is 5.76. The number of hydrogen-bond acceptors (Lipinski definition) is 2. The van der Waals surface area contributed by atoms with Crippen molar-refractivity contribution in [3.8, 4) is 0 Å². The Morgan fingerprint density at radius 3 is 2.72 bits per heavy atom. The second-order valence-electron chi connectivity index (χ2n) is 4.82. The number of rotatable bonds is 4. The topological polar surface area (TPSA) is 60.9 Å². The molecule has 1 N–H and O–H groups in total. The van der Waals surface area contributed by atoms with Crippen LogP contribution < -0.4 is 0 Å². The summed E-state index contributed by atoms with van der Waals surface area (Å²) in [7, 11) is 0. The van der Waals surface area contributed by atoms with Gasteiger partial charge in [0.1, 0.15) is 0 Å². The van der Waals surface area contributed by atoms with Gasteiger partial charge in [0.25, 0.3) is 0 Å². The lowest BCUT2D eigenvalue weighted by Crippen LogP contribution is -2.47. The average molecular weight is 254 g/mol. The van der Waals surface area contributed by atoms with Crippen LogP contribution in [0.2, 0.25) is 0 Å². The molecule has 5 nitrogen and oxygen atoms in total. The molecule has 1 aliphatic heterocycles. The summed E-state index contributed by atoms with van der Waals surface area (Å²) in [6.45, 7) is 7.68. The number of hydrogen-bond donors (Lipinski definition) is 1. The number of nitrogens with zero attached hydrogens (tertiary/aromatic N) is 2. The fourth-order valence-corrected chi connectivity index (χ4v) is 2.03. The fraction of sp³-hybridized carbons (Fsp3) is 0.692. The van der Waals surface area contributed by atoms with E-state index < -0.39 is 11.9 Å². The van der Waals surface area contributed by atoms with Crippen molar-refractivity contribution in [2.45, 2.75) is 27.2 Å². The quantitative estimate of drug-likeness (QED) is 0.778. The van der Waals surface area contributed by atoms with Gasteiger partial charge in [-0.15, -0.1) is 0 Å². The van der Waals surface area contributed by atoms with Crippen molar-refractivity contribution >= 4 is 12.0 Å². The number of amides is 2. The van der Waals surface area contributed by atoms with E-state index in [9.17, 15) is 9.59 Å². The van der Waals surface area contributed by atoms with Crippen molar-refractivity contribution in [1.82, 2.24) is 9.80 Å². The van der Waals surface area contributed by atoms with Crippen LogP contribution in [0.5, 0.6) is 0 Å². The van der Waals surface area contributed by atoms with Gasteiger partial charge in [-0.25, -0.2) is 4.79 Å². The third-order valence-corrected chi connectivity index (χ3v) is 3.17. The van der Waals surface area contributed by atoms with Gasteiger partial charge in [-0.1, -0.05) is 18.6 Å². The first-order valence-corrected chi connectivity index (χ1v) is 6.38. The number of carbonyl (C=O) groups is 2. The van der Waals surface area contributed by atoms with E-state index in [0.29, 0.717) is 19.6 Å². The summed E-state index contributed by atoms with van der Waals surface area (Å²) in [6, 6.07) is -0.0574. The van der Waals surface area contributed by atoms with Gasteiger partial charge in [0, 0.05) is 26.2 Å². The van der Waals surface area contributed by atoms with Crippen LogP contribution in [0, 0.1) is 5.92 Å². The van der Waals surface area contributed by atoms with Gasteiger partial charge in [-0.05, 0) is 20.3 Å². The average Bonchev–Trinajstić information content (AvgIpc) is 2.34. The van der Waals surface area contributed by atoms with E-state index in [4.69, 9.17) is 5.11 Å². The maximum Gasteiger partial charge on any atom is 0.320 e. The summed E-state index contributed by atoms with van der Waals surface area (Å²) in [4.78, 5) is 26.5. The molecule has 0 saturated heterocycles. The minimum atomic E-state index is -0.865. The molecule has 102 valence electrons. The number of carboxylic acids is 1. The molecule has 2 amide bonds. The Morgan fingerprint density at radius 1 is 1.56 bits per heavy atom. The van der Waals surface area contributed by atoms with Crippen LogP contribution >= 0.6 is 0 Å². The normalized spacial score (nSPS) is 17.1. The first-order valence-electron chi connectivity index (χ1n) is 6.38. The standard InChI is InChI=1S/C13H22N2O3/c1-4-14(9-11(3)12(16)17)13(18)15-7-5-6-10(2)8-15/h6,11H,4-5,7-9H2,1-3H3,(H,16,17). The highest BCUT2D eigenvalue weighted by atomic mass is 16.4. The highest BCUT2D eigenvalue weighted by Crippen LogP contribution is 2.12. The fourth-order valence-electron chi connectivity index (χ4n) is 2.03. The molecule has 0 radical (unpaired) electrons. The summed E-state index contributed by atoms with van der Waals surface area (Å²) in [5.74, 6) is -1.40. The molecule has 1 unspecified atom stereocenters. The predicted molar refractivity (Wildman–Crippen MR) is 69.4 cm³/mol. The first kappa shape index (κ1) is 14.5. The van der Waals surface area contributed by atoms with Crippen LogP contribution in [0.3, 0.4) is 0 Å². The molecule has 1 heterocycles. The summed E-state index contributed by atoms with van der Waals surface area (Å²) >= 11 is 0. The van der Waals surface area contributed by atoms with Crippen molar-refractivity contribution in [2.24, 2.45) is 5.92 Å². The molecule has 1 aliphatic rings. The second kappa shape index (κ2) is 6.42. The molecular formula is C13H22N2O3. The summed E-state index contributed by atoms with van der Waals surface area (Å²) in [6.07, 6.45) is 3.02. The third-order valence-electron chi connectivity index (χ3n) is 3.17. The maximum absolute atomic E-state index is 12.3. The van der Waals surface area contributed by atoms with Gasteiger partial charge in [0.2, 0.25) is 0 Å². The van der Waals surface area contributed by atoms with Crippen LogP contribution in [0.1, 0.15) is 27.2 Å². The Morgan fingerprint density at radius 2 is 2.22 bits per heavy atom. The van der Waals surface area contributed by atoms with Crippen molar-refractivity contribution < 1.29 is 14.7 Å². The van der Waals surface area contributed by atoms with Crippen molar-refractivity contribution in [3.63, 3.8) is 0 Å². The number of carboxylic acid groups (broad SMARTS) is 1. The Hall–Kier alpha value is -1.52.